The maximum Gasteiger partial charge on any atom is 0.0813 e. The number of hydrazine groups is 1. The first-order valence-electron chi connectivity index (χ1n) is 5.67. The van der Waals surface area contributed by atoms with Gasteiger partial charge in [-0.1, -0.05) is 26.2 Å². The number of ether oxygens (including phenoxy) is 1. The molecule has 0 spiro atoms. The topological polar surface area (TPSA) is 47.3 Å². The molecule has 0 bridgehead atoms. The van der Waals surface area contributed by atoms with E-state index in [0.717, 1.165) is 18.8 Å². The first kappa shape index (κ1) is 12.0. The molecule has 0 aromatic rings. The van der Waals surface area contributed by atoms with Crippen LogP contribution in [0.3, 0.4) is 0 Å². The summed E-state index contributed by atoms with van der Waals surface area (Å²) < 4.78 is 5.57. The van der Waals surface area contributed by atoms with Crippen LogP contribution in [0.5, 0.6) is 0 Å². The third-order valence-electron chi connectivity index (χ3n) is 3.90. The highest BCUT2D eigenvalue weighted by molar-refractivity contribution is 4.90. The van der Waals surface area contributed by atoms with E-state index in [1.165, 1.54) is 19.3 Å². The lowest BCUT2D eigenvalue weighted by Crippen LogP contribution is -2.53. The number of methoxy groups -OCH3 is 1. The van der Waals surface area contributed by atoms with E-state index in [1.54, 1.807) is 7.11 Å². The van der Waals surface area contributed by atoms with Crippen molar-refractivity contribution in [3.05, 3.63) is 0 Å². The molecule has 1 aliphatic carbocycles. The Hall–Kier alpha value is -0.120. The molecule has 0 heterocycles. The van der Waals surface area contributed by atoms with E-state index in [1.807, 2.05) is 0 Å². The summed E-state index contributed by atoms with van der Waals surface area (Å²) >= 11 is 0. The van der Waals surface area contributed by atoms with Crippen molar-refractivity contribution >= 4 is 0 Å². The quantitative estimate of drug-likeness (QED) is 0.508. The maximum absolute atomic E-state index is 5.61. The third kappa shape index (κ3) is 2.47. The van der Waals surface area contributed by atoms with Crippen molar-refractivity contribution < 1.29 is 4.74 Å². The van der Waals surface area contributed by atoms with Gasteiger partial charge < -0.3 is 4.74 Å². The van der Waals surface area contributed by atoms with E-state index < -0.39 is 0 Å². The summed E-state index contributed by atoms with van der Waals surface area (Å²) in [7, 11) is 1.77. The number of rotatable bonds is 6. The molecule has 1 saturated carbocycles. The molecule has 2 unspecified atom stereocenters. The average molecular weight is 200 g/mol. The third-order valence-corrected chi connectivity index (χ3v) is 3.90. The van der Waals surface area contributed by atoms with Crippen LogP contribution in [-0.2, 0) is 4.74 Å². The van der Waals surface area contributed by atoms with Crippen LogP contribution in [-0.4, -0.2) is 18.8 Å². The maximum atomic E-state index is 5.61. The summed E-state index contributed by atoms with van der Waals surface area (Å²) in [5.41, 5.74) is 2.80. The first-order chi connectivity index (χ1) is 6.66. The predicted molar refractivity (Wildman–Crippen MR) is 58.8 cm³/mol. The molecule has 3 N–H and O–H groups in total. The molecule has 0 saturated heterocycles. The Labute approximate surface area is 87.4 Å². The van der Waals surface area contributed by atoms with Gasteiger partial charge in [0.05, 0.1) is 11.6 Å². The summed E-state index contributed by atoms with van der Waals surface area (Å²) in [5.74, 6) is 6.47. The Morgan fingerprint density at radius 1 is 1.57 bits per heavy atom. The lowest BCUT2D eigenvalue weighted by atomic mass is 9.77. The zero-order chi connectivity index (χ0) is 10.6. The van der Waals surface area contributed by atoms with E-state index in [4.69, 9.17) is 10.6 Å². The Balaban J connectivity index is 2.49. The molecule has 2 atom stereocenters. The van der Waals surface area contributed by atoms with E-state index >= 15 is 0 Å². The Bertz CT molecular complexity index is 165. The second-order valence-corrected chi connectivity index (χ2v) is 4.62. The van der Waals surface area contributed by atoms with Gasteiger partial charge in [-0.05, 0) is 25.7 Å². The fourth-order valence-electron chi connectivity index (χ4n) is 2.09. The van der Waals surface area contributed by atoms with Crippen LogP contribution in [0.25, 0.3) is 0 Å². The van der Waals surface area contributed by atoms with Gasteiger partial charge in [0, 0.05) is 7.11 Å². The van der Waals surface area contributed by atoms with E-state index in [9.17, 15) is 0 Å². The Morgan fingerprint density at radius 2 is 2.21 bits per heavy atom. The molecule has 1 aliphatic rings. The second kappa shape index (κ2) is 5.10. The molecule has 84 valence electrons. The van der Waals surface area contributed by atoms with Crippen LogP contribution in [0.2, 0.25) is 0 Å². The summed E-state index contributed by atoms with van der Waals surface area (Å²) in [6.07, 6.45) is 6.25. The molecule has 0 aromatic heterocycles. The van der Waals surface area contributed by atoms with Gasteiger partial charge in [0.2, 0.25) is 0 Å². The molecular formula is C11H24N2O. The minimum absolute atomic E-state index is 0.121. The lowest BCUT2D eigenvalue weighted by molar-refractivity contribution is -0.0381. The highest BCUT2D eigenvalue weighted by atomic mass is 16.5. The van der Waals surface area contributed by atoms with Crippen molar-refractivity contribution in [2.75, 3.05) is 7.11 Å². The molecule has 1 rings (SSSR count). The monoisotopic (exact) mass is 200 g/mol. The predicted octanol–water partition coefficient (Wildman–Crippen LogP) is 1.82. The van der Waals surface area contributed by atoms with Crippen LogP contribution in [0.1, 0.15) is 46.0 Å². The minimum atomic E-state index is -0.121. The summed E-state index contributed by atoms with van der Waals surface area (Å²) in [6.45, 7) is 4.28. The van der Waals surface area contributed by atoms with Crippen molar-refractivity contribution in [3.63, 3.8) is 0 Å². The van der Waals surface area contributed by atoms with Gasteiger partial charge in [-0.2, -0.15) is 0 Å². The van der Waals surface area contributed by atoms with Crippen molar-refractivity contribution in [1.29, 1.82) is 0 Å². The average Bonchev–Trinajstić information content (AvgIpc) is 2.15. The Morgan fingerprint density at radius 3 is 2.50 bits per heavy atom. The van der Waals surface area contributed by atoms with Gasteiger partial charge in [0.15, 0.2) is 0 Å². The molecule has 1 fully saturated rings. The summed E-state index contributed by atoms with van der Waals surface area (Å²) in [4.78, 5) is 0. The van der Waals surface area contributed by atoms with Crippen LogP contribution in [0.15, 0.2) is 0 Å². The highest BCUT2D eigenvalue weighted by Crippen LogP contribution is 2.34. The standard InChI is InChI=1S/C11H24N2O/c1-4-11(2,14-3)10(13-12)8-9-6-5-7-9/h9-10,13H,4-8,12H2,1-3H3. The van der Waals surface area contributed by atoms with Crippen LogP contribution < -0.4 is 11.3 Å². The van der Waals surface area contributed by atoms with Gasteiger partial charge in [0.25, 0.3) is 0 Å². The zero-order valence-electron chi connectivity index (χ0n) is 9.68. The van der Waals surface area contributed by atoms with Crippen LogP contribution in [0.4, 0.5) is 0 Å². The van der Waals surface area contributed by atoms with Gasteiger partial charge in [-0.3, -0.25) is 11.3 Å². The molecule has 14 heavy (non-hydrogen) atoms. The molecule has 3 heteroatoms. The van der Waals surface area contributed by atoms with Crippen molar-refractivity contribution in [1.82, 2.24) is 5.43 Å². The van der Waals surface area contributed by atoms with Gasteiger partial charge in [-0.15, -0.1) is 0 Å². The lowest BCUT2D eigenvalue weighted by Gasteiger charge is -2.39. The fourth-order valence-corrected chi connectivity index (χ4v) is 2.09. The minimum Gasteiger partial charge on any atom is -0.377 e. The smallest absolute Gasteiger partial charge is 0.0813 e. The van der Waals surface area contributed by atoms with Crippen molar-refractivity contribution in [3.8, 4) is 0 Å². The van der Waals surface area contributed by atoms with E-state index in [0.29, 0.717) is 0 Å². The molecule has 0 amide bonds. The molecule has 0 aromatic carbocycles. The summed E-state index contributed by atoms with van der Waals surface area (Å²) in [5, 5.41) is 0. The normalized spacial score (nSPS) is 24.0. The van der Waals surface area contributed by atoms with Gasteiger partial charge in [-0.25, -0.2) is 0 Å². The first-order valence-corrected chi connectivity index (χ1v) is 5.67. The largest absolute Gasteiger partial charge is 0.377 e. The fraction of sp³-hybridized carbons (Fsp3) is 1.00. The van der Waals surface area contributed by atoms with Crippen molar-refractivity contribution in [2.45, 2.75) is 57.6 Å². The molecule has 0 radical (unpaired) electrons. The summed E-state index contributed by atoms with van der Waals surface area (Å²) in [6, 6.07) is 0.280. The van der Waals surface area contributed by atoms with E-state index in [2.05, 4.69) is 19.3 Å². The number of nitrogens with one attached hydrogen (secondary N) is 1. The van der Waals surface area contributed by atoms with Gasteiger partial charge in [0.1, 0.15) is 0 Å². The Kier molecular flexibility index (Phi) is 4.35. The van der Waals surface area contributed by atoms with Crippen LogP contribution >= 0.6 is 0 Å². The molecule has 0 aliphatic heterocycles. The number of hydrogen-bond acceptors (Lipinski definition) is 3. The highest BCUT2D eigenvalue weighted by Gasteiger charge is 2.34. The molecule has 3 nitrogen and oxygen atoms in total. The van der Waals surface area contributed by atoms with Crippen molar-refractivity contribution in [2.24, 2.45) is 11.8 Å². The van der Waals surface area contributed by atoms with Crippen LogP contribution in [0, 0.1) is 5.92 Å². The van der Waals surface area contributed by atoms with Gasteiger partial charge >= 0.3 is 0 Å². The SMILES string of the molecule is CCC(C)(OC)C(CC1CCC1)NN. The zero-order valence-corrected chi connectivity index (χ0v) is 9.68. The number of hydrogen-bond donors (Lipinski definition) is 2. The second-order valence-electron chi connectivity index (χ2n) is 4.62. The number of nitrogens with two attached hydrogens (primary N) is 1. The van der Waals surface area contributed by atoms with E-state index in [-0.39, 0.29) is 11.6 Å². The molecular weight excluding hydrogens is 176 g/mol.